The Morgan fingerprint density at radius 2 is 1.91 bits per heavy atom. The number of amides is 2. The van der Waals surface area contributed by atoms with Crippen LogP contribution < -0.4 is 5.32 Å². The van der Waals surface area contributed by atoms with Gasteiger partial charge in [0.05, 0.1) is 11.7 Å². The molecule has 22 heavy (non-hydrogen) atoms. The highest BCUT2D eigenvalue weighted by molar-refractivity contribution is 7.91. The van der Waals surface area contributed by atoms with Crippen molar-refractivity contribution in [3.8, 4) is 0 Å². The molecular weight excluding hydrogens is 304 g/mol. The lowest BCUT2D eigenvalue weighted by Gasteiger charge is -2.35. The molecule has 1 N–H and O–H groups in total. The molecule has 0 aliphatic carbocycles. The van der Waals surface area contributed by atoms with Crippen molar-refractivity contribution >= 4 is 21.7 Å². The van der Waals surface area contributed by atoms with Gasteiger partial charge in [-0.3, -0.25) is 9.59 Å². The second-order valence-corrected chi connectivity index (χ2v) is 9.34. The molecule has 0 radical (unpaired) electrons. The van der Waals surface area contributed by atoms with Crippen molar-refractivity contribution in [3.05, 3.63) is 0 Å². The molecule has 1 aliphatic rings. The molecule has 2 amide bonds. The van der Waals surface area contributed by atoms with E-state index in [9.17, 15) is 18.0 Å². The fourth-order valence-corrected chi connectivity index (χ4v) is 3.17. The molecule has 0 bridgehead atoms. The van der Waals surface area contributed by atoms with E-state index in [-0.39, 0.29) is 35.8 Å². The number of rotatable bonds is 5. The monoisotopic (exact) mass is 332 g/mol. The number of piperidine rings is 1. The van der Waals surface area contributed by atoms with Gasteiger partial charge in [-0.15, -0.1) is 0 Å². The third kappa shape index (κ3) is 5.59. The average molecular weight is 332 g/mol. The average Bonchev–Trinajstić information content (AvgIpc) is 2.45. The summed E-state index contributed by atoms with van der Waals surface area (Å²) in [6.45, 7) is 8.44. The standard InChI is InChI=1S/C15H28N2O4S/c1-5-22(20,21)10-8-16-13(18)12-7-6-9-17(11-12)14(19)15(2,3)4/h12H,5-11H2,1-4H3,(H,16,18). The topological polar surface area (TPSA) is 83.6 Å². The first-order valence-corrected chi connectivity index (χ1v) is 9.66. The first kappa shape index (κ1) is 18.9. The molecular formula is C15H28N2O4S. The van der Waals surface area contributed by atoms with Gasteiger partial charge in [0.2, 0.25) is 11.8 Å². The molecule has 128 valence electrons. The molecule has 0 aromatic rings. The summed E-state index contributed by atoms with van der Waals surface area (Å²) in [5, 5.41) is 2.68. The number of carbonyl (C=O) groups excluding carboxylic acids is 2. The van der Waals surface area contributed by atoms with Crippen molar-refractivity contribution in [1.82, 2.24) is 10.2 Å². The lowest BCUT2D eigenvalue weighted by atomic mass is 9.91. The number of carbonyl (C=O) groups is 2. The Morgan fingerprint density at radius 3 is 2.45 bits per heavy atom. The number of sulfone groups is 1. The number of hydrogen-bond acceptors (Lipinski definition) is 4. The minimum atomic E-state index is -3.07. The van der Waals surface area contributed by atoms with Crippen LogP contribution in [0, 0.1) is 11.3 Å². The fraction of sp³-hybridized carbons (Fsp3) is 0.867. The molecule has 7 heteroatoms. The summed E-state index contributed by atoms with van der Waals surface area (Å²) in [5.41, 5.74) is -0.451. The molecule has 0 saturated carbocycles. The van der Waals surface area contributed by atoms with E-state index in [1.54, 1.807) is 11.8 Å². The molecule has 0 aromatic carbocycles. The van der Waals surface area contributed by atoms with E-state index in [0.29, 0.717) is 13.1 Å². The van der Waals surface area contributed by atoms with Crippen molar-refractivity contribution in [2.24, 2.45) is 11.3 Å². The quantitative estimate of drug-likeness (QED) is 0.808. The molecule has 1 unspecified atom stereocenters. The lowest BCUT2D eigenvalue weighted by molar-refractivity contribution is -0.142. The van der Waals surface area contributed by atoms with Crippen molar-refractivity contribution in [2.45, 2.75) is 40.5 Å². The van der Waals surface area contributed by atoms with Crippen LogP contribution in [0.4, 0.5) is 0 Å². The maximum atomic E-state index is 12.3. The van der Waals surface area contributed by atoms with Crippen LogP contribution in [-0.2, 0) is 19.4 Å². The van der Waals surface area contributed by atoms with Crippen LogP contribution in [-0.4, -0.2) is 56.3 Å². The van der Waals surface area contributed by atoms with Crippen molar-refractivity contribution < 1.29 is 18.0 Å². The highest BCUT2D eigenvalue weighted by Crippen LogP contribution is 2.23. The molecule has 1 atom stereocenters. The first-order chi connectivity index (χ1) is 10.1. The van der Waals surface area contributed by atoms with Crippen LogP contribution >= 0.6 is 0 Å². The zero-order chi connectivity index (χ0) is 17.0. The number of hydrogen-bond donors (Lipinski definition) is 1. The highest BCUT2D eigenvalue weighted by Gasteiger charge is 2.33. The van der Waals surface area contributed by atoms with E-state index in [4.69, 9.17) is 0 Å². The Balaban J connectivity index is 2.51. The van der Waals surface area contributed by atoms with Crippen molar-refractivity contribution in [1.29, 1.82) is 0 Å². The van der Waals surface area contributed by atoms with Crippen LogP contribution in [0.1, 0.15) is 40.5 Å². The Labute approximate surface area is 133 Å². The largest absolute Gasteiger partial charge is 0.355 e. The summed E-state index contributed by atoms with van der Waals surface area (Å²) in [7, 11) is -3.07. The summed E-state index contributed by atoms with van der Waals surface area (Å²) >= 11 is 0. The van der Waals surface area contributed by atoms with Gasteiger partial charge in [-0.2, -0.15) is 0 Å². The van der Waals surface area contributed by atoms with Gasteiger partial charge in [-0.25, -0.2) is 8.42 Å². The van der Waals surface area contributed by atoms with Gasteiger partial charge < -0.3 is 10.2 Å². The molecule has 1 rings (SSSR count). The molecule has 1 fully saturated rings. The summed E-state index contributed by atoms with van der Waals surface area (Å²) in [6.07, 6.45) is 1.54. The predicted molar refractivity (Wildman–Crippen MR) is 86.1 cm³/mol. The van der Waals surface area contributed by atoms with E-state index in [0.717, 1.165) is 12.8 Å². The van der Waals surface area contributed by atoms with Crippen LogP contribution in [0.2, 0.25) is 0 Å². The third-order valence-corrected chi connectivity index (χ3v) is 5.58. The second-order valence-electron chi connectivity index (χ2n) is 6.87. The molecule has 6 nitrogen and oxygen atoms in total. The van der Waals surface area contributed by atoms with Crippen molar-refractivity contribution in [3.63, 3.8) is 0 Å². The minimum absolute atomic E-state index is 0.0351. The zero-order valence-electron chi connectivity index (χ0n) is 14.0. The molecule has 0 aromatic heterocycles. The fourth-order valence-electron chi connectivity index (χ4n) is 2.47. The Hall–Kier alpha value is -1.11. The molecule has 0 spiro atoms. The SMILES string of the molecule is CCS(=O)(=O)CCNC(=O)C1CCCN(C(=O)C(C)(C)C)C1. The predicted octanol–water partition coefficient (Wildman–Crippen LogP) is 0.822. The third-order valence-electron chi connectivity index (χ3n) is 3.87. The van der Waals surface area contributed by atoms with E-state index >= 15 is 0 Å². The van der Waals surface area contributed by atoms with Crippen LogP contribution in [0.5, 0.6) is 0 Å². The Bertz CT molecular complexity index is 508. The van der Waals surface area contributed by atoms with Crippen LogP contribution in [0.3, 0.4) is 0 Å². The van der Waals surface area contributed by atoms with Crippen molar-refractivity contribution in [2.75, 3.05) is 31.1 Å². The zero-order valence-corrected chi connectivity index (χ0v) is 14.8. The maximum absolute atomic E-state index is 12.3. The summed E-state index contributed by atoms with van der Waals surface area (Å²) in [5.74, 6) is -0.298. The van der Waals surface area contributed by atoms with Gasteiger partial charge in [0.1, 0.15) is 0 Å². The summed E-state index contributed by atoms with van der Waals surface area (Å²) in [6, 6.07) is 0. The minimum Gasteiger partial charge on any atom is -0.355 e. The maximum Gasteiger partial charge on any atom is 0.227 e. The molecule has 1 heterocycles. The van der Waals surface area contributed by atoms with Gasteiger partial charge in [0, 0.05) is 30.8 Å². The van der Waals surface area contributed by atoms with E-state index in [2.05, 4.69) is 5.32 Å². The number of nitrogens with one attached hydrogen (secondary N) is 1. The van der Waals surface area contributed by atoms with E-state index in [1.165, 1.54) is 0 Å². The van der Waals surface area contributed by atoms with Gasteiger partial charge >= 0.3 is 0 Å². The number of likely N-dealkylation sites (tertiary alicyclic amines) is 1. The normalized spacial score (nSPS) is 19.8. The van der Waals surface area contributed by atoms with Gasteiger partial charge in [-0.1, -0.05) is 27.7 Å². The Kier molecular flexibility index (Phi) is 6.40. The second kappa shape index (κ2) is 7.44. The van der Waals surface area contributed by atoms with Gasteiger partial charge in [0.15, 0.2) is 9.84 Å². The smallest absolute Gasteiger partial charge is 0.227 e. The lowest BCUT2D eigenvalue weighted by Crippen LogP contribution is -2.49. The summed E-state index contributed by atoms with van der Waals surface area (Å²) in [4.78, 5) is 26.2. The Morgan fingerprint density at radius 1 is 1.27 bits per heavy atom. The first-order valence-electron chi connectivity index (χ1n) is 7.84. The molecule has 1 aliphatic heterocycles. The summed E-state index contributed by atoms with van der Waals surface area (Å²) < 4.78 is 22.8. The molecule has 1 saturated heterocycles. The highest BCUT2D eigenvalue weighted by atomic mass is 32.2. The van der Waals surface area contributed by atoms with Crippen LogP contribution in [0.25, 0.3) is 0 Å². The van der Waals surface area contributed by atoms with E-state index in [1.807, 2.05) is 20.8 Å². The van der Waals surface area contributed by atoms with Gasteiger partial charge in [0.25, 0.3) is 0 Å². The number of nitrogens with zero attached hydrogens (tertiary/aromatic N) is 1. The van der Waals surface area contributed by atoms with Gasteiger partial charge in [-0.05, 0) is 12.8 Å². The van der Waals surface area contributed by atoms with Crippen LogP contribution in [0.15, 0.2) is 0 Å². The van der Waals surface area contributed by atoms with E-state index < -0.39 is 15.3 Å².